The minimum atomic E-state index is -0.568. The molecule has 3 aliphatic rings. The van der Waals surface area contributed by atoms with Crippen molar-refractivity contribution in [1.29, 1.82) is 0 Å². The number of carbonyl (C=O) groups is 2. The third-order valence-corrected chi connectivity index (χ3v) is 5.92. The maximum absolute atomic E-state index is 13.0. The van der Waals surface area contributed by atoms with E-state index in [2.05, 4.69) is 0 Å². The van der Waals surface area contributed by atoms with Crippen molar-refractivity contribution < 1.29 is 38.0 Å². The van der Waals surface area contributed by atoms with Gasteiger partial charge in [0.1, 0.15) is 26.2 Å². The number of hydrogen-bond acceptors (Lipinski definition) is 8. The van der Waals surface area contributed by atoms with E-state index >= 15 is 0 Å². The minimum Gasteiger partial charge on any atom is -0.487 e. The van der Waals surface area contributed by atoms with Crippen molar-refractivity contribution in [3.63, 3.8) is 0 Å². The van der Waals surface area contributed by atoms with Crippen molar-refractivity contribution in [1.82, 2.24) is 0 Å². The quantitative estimate of drug-likeness (QED) is 0.290. The van der Waals surface area contributed by atoms with Gasteiger partial charge in [-0.1, -0.05) is 6.07 Å². The molecule has 3 saturated heterocycles. The predicted octanol–water partition coefficient (Wildman–Crippen LogP) is 3.10. The van der Waals surface area contributed by atoms with Crippen LogP contribution in [0.3, 0.4) is 0 Å². The molecule has 3 aliphatic heterocycles. The molecule has 1 aromatic rings. The van der Waals surface area contributed by atoms with Crippen LogP contribution >= 0.6 is 0 Å². The molecule has 0 saturated carbocycles. The Labute approximate surface area is 188 Å². The van der Waals surface area contributed by atoms with Gasteiger partial charge < -0.3 is 28.4 Å². The van der Waals surface area contributed by atoms with Gasteiger partial charge in [-0.05, 0) is 50.7 Å². The van der Waals surface area contributed by atoms with E-state index in [1.54, 1.807) is 18.2 Å². The van der Waals surface area contributed by atoms with Gasteiger partial charge in [0.2, 0.25) is 0 Å². The van der Waals surface area contributed by atoms with E-state index in [9.17, 15) is 9.59 Å². The molecule has 1 aromatic carbocycles. The lowest BCUT2D eigenvalue weighted by Gasteiger charge is -2.19. The molecule has 8 nitrogen and oxygen atoms in total. The summed E-state index contributed by atoms with van der Waals surface area (Å²) in [6.45, 7) is 3.03. The number of esters is 1. The number of Topliss-reactive ketones (excluding diaryl/α,β-unsaturated/α-hetero) is 1. The first-order valence-electron chi connectivity index (χ1n) is 11.6. The molecular formula is C24H32O8. The SMILES string of the molecule is O=C(CC(=O)c1cccc(OCC2CCCO2)c1OCC1CCCO1)OCC1CCCO1. The molecule has 0 aliphatic carbocycles. The van der Waals surface area contributed by atoms with Crippen LogP contribution in [0.25, 0.3) is 0 Å². The average Bonchev–Trinajstić information content (AvgIpc) is 3.58. The van der Waals surface area contributed by atoms with E-state index in [0.29, 0.717) is 43.5 Å². The number of benzene rings is 1. The van der Waals surface area contributed by atoms with Crippen molar-refractivity contribution in [3.8, 4) is 11.5 Å². The Morgan fingerprint density at radius 2 is 1.41 bits per heavy atom. The highest BCUT2D eigenvalue weighted by Gasteiger charge is 2.25. The molecule has 0 radical (unpaired) electrons. The summed E-state index contributed by atoms with van der Waals surface area (Å²) >= 11 is 0. The summed E-state index contributed by atoms with van der Waals surface area (Å²) < 4.78 is 34.0. The maximum Gasteiger partial charge on any atom is 0.313 e. The van der Waals surface area contributed by atoms with Crippen LogP contribution in [-0.2, 0) is 23.7 Å². The van der Waals surface area contributed by atoms with Crippen molar-refractivity contribution >= 4 is 11.8 Å². The van der Waals surface area contributed by atoms with E-state index in [1.807, 2.05) is 0 Å². The van der Waals surface area contributed by atoms with E-state index in [-0.39, 0.29) is 37.1 Å². The molecular weight excluding hydrogens is 416 g/mol. The summed E-state index contributed by atoms with van der Waals surface area (Å²) in [7, 11) is 0. The molecule has 4 rings (SSSR count). The molecule has 3 unspecified atom stereocenters. The number of rotatable bonds is 11. The Bertz CT molecular complexity index is 761. The standard InChI is InChI=1S/C24H32O8/c25-21(13-23(26)31-15-18-6-3-11-28-18)20-8-1-9-22(30-14-17-5-2-10-27-17)24(20)32-16-19-7-4-12-29-19/h1,8-9,17-19H,2-7,10-16H2. The van der Waals surface area contributed by atoms with Gasteiger partial charge in [0.05, 0.1) is 23.9 Å². The Kier molecular flexibility index (Phi) is 8.36. The van der Waals surface area contributed by atoms with Gasteiger partial charge in [-0.2, -0.15) is 0 Å². The summed E-state index contributed by atoms with van der Waals surface area (Å²) in [5, 5.41) is 0. The minimum absolute atomic E-state index is 0.0134. The monoisotopic (exact) mass is 448 g/mol. The number of hydrogen-bond donors (Lipinski definition) is 0. The second-order valence-corrected chi connectivity index (χ2v) is 8.44. The van der Waals surface area contributed by atoms with Crippen LogP contribution in [0.2, 0.25) is 0 Å². The van der Waals surface area contributed by atoms with Crippen LogP contribution in [0, 0.1) is 0 Å². The van der Waals surface area contributed by atoms with Crippen LogP contribution < -0.4 is 9.47 Å². The maximum atomic E-state index is 13.0. The number of carbonyl (C=O) groups excluding carboxylic acids is 2. The first-order valence-corrected chi connectivity index (χ1v) is 11.6. The van der Waals surface area contributed by atoms with E-state index in [1.165, 1.54) is 0 Å². The summed E-state index contributed by atoms with van der Waals surface area (Å²) in [4.78, 5) is 25.2. The second kappa shape index (κ2) is 11.6. The summed E-state index contributed by atoms with van der Waals surface area (Å²) in [5.74, 6) is -0.122. The smallest absolute Gasteiger partial charge is 0.313 e. The molecule has 0 spiro atoms. The van der Waals surface area contributed by atoms with Crippen LogP contribution in [0.5, 0.6) is 11.5 Å². The van der Waals surface area contributed by atoms with Gasteiger partial charge in [0.25, 0.3) is 0 Å². The third kappa shape index (κ3) is 6.43. The zero-order valence-corrected chi connectivity index (χ0v) is 18.4. The molecule has 3 atom stereocenters. The highest BCUT2D eigenvalue weighted by Crippen LogP contribution is 2.34. The molecule has 0 bridgehead atoms. The fourth-order valence-corrected chi connectivity index (χ4v) is 4.15. The summed E-state index contributed by atoms with van der Waals surface area (Å²) in [6.07, 6.45) is 5.29. The first-order chi connectivity index (χ1) is 15.7. The average molecular weight is 449 g/mol. The highest BCUT2D eigenvalue weighted by atomic mass is 16.6. The van der Waals surface area contributed by atoms with E-state index < -0.39 is 5.97 Å². The fraction of sp³-hybridized carbons (Fsp3) is 0.667. The highest BCUT2D eigenvalue weighted by molar-refractivity contribution is 6.08. The topological polar surface area (TPSA) is 89.5 Å². The van der Waals surface area contributed by atoms with Crippen LogP contribution in [-0.4, -0.2) is 69.7 Å². The van der Waals surface area contributed by atoms with E-state index in [0.717, 1.165) is 45.1 Å². The number of ketones is 1. The fourth-order valence-electron chi connectivity index (χ4n) is 4.15. The molecule has 3 heterocycles. The van der Waals surface area contributed by atoms with E-state index in [4.69, 9.17) is 28.4 Å². The van der Waals surface area contributed by atoms with Crippen LogP contribution in [0.1, 0.15) is 55.3 Å². The van der Waals surface area contributed by atoms with Gasteiger partial charge in [-0.3, -0.25) is 9.59 Å². The first kappa shape index (κ1) is 23.0. The van der Waals surface area contributed by atoms with Crippen molar-refractivity contribution in [2.24, 2.45) is 0 Å². The van der Waals surface area contributed by atoms with Crippen LogP contribution in [0.15, 0.2) is 18.2 Å². The lowest BCUT2D eigenvalue weighted by Crippen LogP contribution is -2.21. The van der Waals surface area contributed by atoms with Gasteiger partial charge in [-0.25, -0.2) is 0 Å². The lowest BCUT2D eigenvalue weighted by atomic mass is 10.1. The molecule has 0 N–H and O–H groups in total. The third-order valence-electron chi connectivity index (χ3n) is 5.92. The Morgan fingerprint density at radius 3 is 2.00 bits per heavy atom. The van der Waals surface area contributed by atoms with Gasteiger partial charge in [-0.15, -0.1) is 0 Å². The molecule has 3 fully saturated rings. The number of para-hydroxylation sites is 1. The van der Waals surface area contributed by atoms with Crippen molar-refractivity contribution in [3.05, 3.63) is 23.8 Å². The van der Waals surface area contributed by atoms with Crippen molar-refractivity contribution in [2.75, 3.05) is 39.6 Å². The normalized spacial score (nSPS) is 25.1. The van der Waals surface area contributed by atoms with Crippen molar-refractivity contribution in [2.45, 2.75) is 63.3 Å². The summed E-state index contributed by atoms with van der Waals surface area (Å²) in [5.41, 5.74) is 0.307. The van der Waals surface area contributed by atoms with Gasteiger partial charge >= 0.3 is 5.97 Å². The Balaban J connectivity index is 1.41. The zero-order chi connectivity index (χ0) is 22.2. The molecule has 32 heavy (non-hydrogen) atoms. The lowest BCUT2D eigenvalue weighted by molar-refractivity contribution is -0.145. The molecule has 8 heteroatoms. The van der Waals surface area contributed by atoms with Crippen LogP contribution in [0.4, 0.5) is 0 Å². The zero-order valence-electron chi connectivity index (χ0n) is 18.4. The van der Waals surface area contributed by atoms with Gasteiger partial charge in [0, 0.05) is 19.8 Å². The number of ether oxygens (including phenoxy) is 6. The molecule has 0 aromatic heterocycles. The summed E-state index contributed by atoms with van der Waals surface area (Å²) in [6, 6.07) is 5.15. The predicted molar refractivity (Wildman–Crippen MR) is 114 cm³/mol. The molecule has 0 amide bonds. The Morgan fingerprint density at radius 1 is 0.812 bits per heavy atom. The largest absolute Gasteiger partial charge is 0.487 e. The second-order valence-electron chi connectivity index (χ2n) is 8.44. The Hall–Kier alpha value is -2.16. The van der Waals surface area contributed by atoms with Gasteiger partial charge in [0.15, 0.2) is 17.3 Å². The molecule has 176 valence electrons.